The van der Waals surface area contributed by atoms with Crippen molar-refractivity contribution in [2.24, 2.45) is 0 Å². The molecule has 8 nitrogen and oxygen atoms in total. The third kappa shape index (κ3) is 6.21. The molecular weight excluding hydrogens is 440 g/mol. The van der Waals surface area contributed by atoms with Crippen molar-refractivity contribution in [1.82, 2.24) is 15.3 Å². The molecule has 0 unspecified atom stereocenters. The van der Waals surface area contributed by atoms with Crippen molar-refractivity contribution in [3.63, 3.8) is 0 Å². The molecule has 1 saturated carbocycles. The number of halogens is 1. The molecule has 1 aromatic heterocycles. The lowest BCUT2D eigenvalue weighted by Crippen LogP contribution is -2.23. The normalized spacial score (nSPS) is 12.7. The van der Waals surface area contributed by atoms with Crippen LogP contribution in [0.25, 0.3) is 0 Å². The van der Waals surface area contributed by atoms with Gasteiger partial charge >= 0.3 is 0 Å². The number of anilines is 4. The van der Waals surface area contributed by atoms with E-state index in [-0.39, 0.29) is 5.91 Å². The summed E-state index contributed by atoms with van der Waals surface area (Å²) < 4.78 is 5.89. The number of carbonyl (C=O) groups excluding carboxylic acids is 1. The molecule has 0 bridgehead atoms. The van der Waals surface area contributed by atoms with Crippen molar-refractivity contribution in [3.05, 3.63) is 71.9 Å². The first-order valence-electron chi connectivity index (χ1n) is 10.6. The lowest BCUT2D eigenvalue weighted by atomic mass is 10.1. The molecule has 0 atom stereocenters. The van der Waals surface area contributed by atoms with Gasteiger partial charge in [0.2, 0.25) is 17.7 Å². The minimum Gasteiger partial charge on any atom is -0.439 e. The van der Waals surface area contributed by atoms with Gasteiger partial charge in [-0.15, -0.1) is 0 Å². The van der Waals surface area contributed by atoms with E-state index in [9.17, 15) is 4.79 Å². The van der Waals surface area contributed by atoms with Crippen LogP contribution < -0.4 is 26.0 Å². The molecule has 9 heteroatoms. The first-order chi connectivity index (χ1) is 16.0. The zero-order valence-electron chi connectivity index (χ0n) is 18.2. The number of hydrogen-bond donors (Lipinski definition) is 4. The first-order valence-corrected chi connectivity index (χ1v) is 11.0. The van der Waals surface area contributed by atoms with E-state index in [1.54, 1.807) is 24.4 Å². The Morgan fingerprint density at radius 3 is 2.85 bits per heavy atom. The minimum absolute atomic E-state index is 0.306. The maximum Gasteiger partial charge on any atom is 0.247 e. The Bertz CT molecular complexity index is 1170. The van der Waals surface area contributed by atoms with Crippen LogP contribution >= 0.6 is 11.6 Å². The smallest absolute Gasteiger partial charge is 0.247 e. The Kier molecular flexibility index (Phi) is 7.07. The van der Waals surface area contributed by atoms with Gasteiger partial charge in [0.25, 0.3) is 0 Å². The second-order valence-corrected chi connectivity index (χ2v) is 8.02. The molecule has 1 fully saturated rings. The predicted molar refractivity (Wildman–Crippen MR) is 131 cm³/mol. The van der Waals surface area contributed by atoms with Gasteiger partial charge in [0, 0.05) is 24.4 Å². The zero-order valence-corrected chi connectivity index (χ0v) is 18.9. The van der Waals surface area contributed by atoms with E-state index >= 15 is 0 Å². The summed E-state index contributed by atoms with van der Waals surface area (Å²) in [5.41, 5.74) is 3.03. The molecule has 0 saturated heterocycles. The van der Waals surface area contributed by atoms with Crippen LogP contribution in [0.2, 0.25) is 5.02 Å². The van der Waals surface area contributed by atoms with Gasteiger partial charge in [-0.3, -0.25) is 10.1 Å². The lowest BCUT2D eigenvalue weighted by Gasteiger charge is -2.15. The molecular formula is C24H25ClN6O2. The number of rotatable bonds is 10. The van der Waals surface area contributed by atoms with Crippen molar-refractivity contribution >= 4 is 40.5 Å². The van der Waals surface area contributed by atoms with Crippen molar-refractivity contribution in [2.45, 2.75) is 25.8 Å². The van der Waals surface area contributed by atoms with Gasteiger partial charge in [-0.05, 0) is 49.6 Å². The summed E-state index contributed by atoms with van der Waals surface area (Å²) in [6.07, 6.45) is 5.26. The highest BCUT2D eigenvalue weighted by atomic mass is 35.5. The fourth-order valence-electron chi connectivity index (χ4n) is 3.09. The van der Waals surface area contributed by atoms with E-state index < -0.39 is 0 Å². The van der Waals surface area contributed by atoms with Gasteiger partial charge in [-0.2, -0.15) is 4.98 Å². The van der Waals surface area contributed by atoms with Crippen LogP contribution in [-0.4, -0.2) is 28.6 Å². The monoisotopic (exact) mass is 464 g/mol. The highest BCUT2D eigenvalue weighted by Gasteiger charge is 2.19. The predicted octanol–water partition coefficient (Wildman–Crippen LogP) is 5.22. The number of para-hydroxylation sites is 1. The Hall–Kier alpha value is -3.62. The number of aromatic nitrogens is 2. The number of amides is 1. The number of ether oxygens (including phenoxy) is 1. The quantitative estimate of drug-likeness (QED) is 0.241. The molecule has 33 heavy (non-hydrogen) atoms. The largest absolute Gasteiger partial charge is 0.439 e. The third-order valence-electron chi connectivity index (χ3n) is 4.99. The van der Waals surface area contributed by atoms with E-state index in [1.165, 1.54) is 18.9 Å². The summed E-state index contributed by atoms with van der Waals surface area (Å²) in [7, 11) is 0. The van der Waals surface area contributed by atoms with Crippen LogP contribution in [0, 0.1) is 6.92 Å². The highest BCUT2D eigenvalue weighted by Crippen LogP contribution is 2.31. The molecule has 1 aliphatic rings. The molecule has 4 N–H and O–H groups in total. The van der Waals surface area contributed by atoms with Gasteiger partial charge in [0.05, 0.1) is 28.8 Å². The number of nitrogens with one attached hydrogen (secondary N) is 4. The molecule has 1 aliphatic carbocycles. The Morgan fingerprint density at radius 2 is 2.09 bits per heavy atom. The summed E-state index contributed by atoms with van der Waals surface area (Å²) in [5, 5.41) is 13.1. The molecule has 1 heterocycles. The number of nitrogens with zero attached hydrogens (tertiary/aromatic N) is 2. The molecule has 1 amide bonds. The lowest BCUT2D eigenvalue weighted by molar-refractivity contribution is -0.111. The maximum atomic E-state index is 11.8. The number of hydrogen-bond acceptors (Lipinski definition) is 7. The fraction of sp³-hybridized carbons (Fsp3) is 0.208. The van der Waals surface area contributed by atoms with Gasteiger partial charge in [-0.25, -0.2) is 4.98 Å². The van der Waals surface area contributed by atoms with Crippen LogP contribution in [0.15, 0.2) is 61.3 Å². The second kappa shape index (κ2) is 10.3. The summed E-state index contributed by atoms with van der Waals surface area (Å²) in [5.74, 6) is 0.927. The van der Waals surface area contributed by atoms with Gasteiger partial charge in [0.15, 0.2) is 0 Å². The van der Waals surface area contributed by atoms with E-state index in [1.807, 2.05) is 31.2 Å². The summed E-state index contributed by atoms with van der Waals surface area (Å²) in [6.45, 7) is 6.08. The van der Waals surface area contributed by atoms with E-state index in [4.69, 9.17) is 16.3 Å². The Balaban J connectivity index is 1.45. The van der Waals surface area contributed by atoms with Crippen molar-refractivity contribution < 1.29 is 9.53 Å². The SMILES string of the molecule is C=CC(=O)Nc1cccc(C)c1Nc1nccc(Oc2ccc(NCNC3CC3)c(Cl)c2)n1. The molecule has 0 spiro atoms. The van der Waals surface area contributed by atoms with Crippen LogP contribution in [0.4, 0.5) is 23.0 Å². The van der Waals surface area contributed by atoms with Crippen LogP contribution in [0.3, 0.4) is 0 Å². The van der Waals surface area contributed by atoms with Gasteiger partial charge < -0.3 is 20.7 Å². The standard InChI is InChI=1S/C24H25ClN6O2/c1-3-21(32)29-20-6-4-5-15(2)23(20)31-24-26-12-11-22(30-24)33-17-9-10-19(18(25)13-17)28-14-27-16-7-8-16/h3-6,9-13,16,27-28H,1,7-8,14H2,2H3,(H,29,32)(H,26,30,31). The van der Waals surface area contributed by atoms with Crippen LogP contribution in [0.1, 0.15) is 18.4 Å². The molecule has 4 rings (SSSR count). The van der Waals surface area contributed by atoms with Crippen molar-refractivity contribution in [1.29, 1.82) is 0 Å². The van der Waals surface area contributed by atoms with Gasteiger partial charge in [0.1, 0.15) is 5.75 Å². The third-order valence-corrected chi connectivity index (χ3v) is 5.31. The van der Waals surface area contributed by atoms with Crippen LogP contribution in [-0.2, 0) is 4.79 Å². The number of benzene rings is 2. The Labute approximate surface area is 197 Å². The second-order valence-electron chi connectivity index (χ2n) is 7.61. The van der Waals surface area contributed by atoms with E-state index in [2.05, 4.69) is 37.8 Å². The molecule has 2 aromatic carbocycles. The maximum absolute atomic E-state index is 11.8. The Morgan fingerprint density at radius 1 is 1.24 bits per heavy atom. The minimum atomic E-state index is -0.306. The van der Waals surface area contributed by atoms with E-state index in [0.717, 1.165) is 11.3 Å². The van der Waals surface area contributed by atoms with E-state index in [0.29, 0.717) is 46.7 Å². The molecule has 0 aliphatic heterocycles. The molecule has 0 radical (unpaired) electrons. The van der Waals surface area contributed by atoms with Crippen molar-refractivity contribution in [2.75, 3.05) is 22.6 Å². The molecule has 3 aromatic rings. The summed E-state index contributed by atoms with van der Waals surface area (Å²) in [4.78, 5) is 20.5. The highest BCUT2D eigenvalue weighted by molar-refractivity contribution is 6.33. The number of aryl methyl sites for hydroxylation is 1. The first kappa shape index (κ1) is 22.6. The number of carbonyl (C=O) groups is 1. The van der Waals surface area contributed by atoms with Gasteiger partial charge in [-0.1, -0.05) is 30.3 Å². The van der Waals surface area contributed by atoms with Crippen LogP contribution in [0.5, 0.6) is 11.6 Å². The average molecular weight is 465 g/mol. The summed E-state index contributed by atoms with van der Waals surface area (Å²) in [6, 6.07) is 13.3. The van der Waals surface area contributed by atoms with Crippen molar-refractivity contribution in [3.8, 4) is 11.6 Å². The fourth-order valence-corrected chi connectivity index (χ4v) is 3.33. The topological polar surface area (TPSA) is 100 Å². The average Bonchev–Trinajstić information content (AvgIpc) is 3.62. The molecule has 170 valence electrons. The zero-order chi connectivity index (χ0) is 23.2. The summed E-state index contributed by atoms with van der Waals surface area (Å²) >= 11 is 6.40.